The predicted molar refractivity (Wildman–Crippen MR) is 98.0 cm³/mol. The van der Waals surface area contributed by atoms with Crippen LogP contribution in [0.5, 0.6) is 0 Å². The van der Waals surface area contributed by atoms with Crippen molar-refractivity contribution in [3.8, 4) is 0 Å². The largest absolute Gasteiger partial charge is 0.347 e. The number of hydrogen-bond donors (Lipinski definition) is 0. The lowest BCUT2D eigenvalue weighted by Crippen LogP contribution is -2.38. The van der Waals surface area contributed by atoms with Gasteiger partial charge in [0.1, 0.15) is 0 Å². The monoisotopic (exact) mass is 355 g/mol. The Kier molecular flexibility index (Phi) is 4.72. The van der Waals surface area contributed by atoms with E-state index < -0.39 is 0 Å². The standard InChI is InChI=1S/C19H25N5O2/c1-22-10-8-15(20-19(22)26)12-23-9-4-6-16(23)13-24-18(25)11-14-5-2-3-7-17(14)21-24/h8,10-11,16H,2-7,9,12-13H2,1H3. The molecule has 0 aromatic carbocycles. The third kappa shape index (κ3) is 3.49. The van der Waals surface area contributed by atoms with Crippen LogP contribution in [-0.2, 0) is 33.0 Å². The summed E-state index contributed by atoms with van der Waals surface area (Å²) in [5.41, 5.74) is 2.78. The topological polar surface area (TPSA) is 73.0 Å². The van der Waals surface area contributed by atoms with Crippen LogP contribution in [-0.4, -0.2) is 36.8 Å². The Labute approximate surface area is 152 Å². The molecule has 138 valence electrons. The molecule has 1 aliphatic heterocycles. The van der Waals surface area contributed by atoms with Gasteiger partial charge in [0.05, 0.1) is 17.9 Å². The Hall–Kier alpha value is -2.28. The summed E-state index contributed by atoms with van der Waals surface area (Å²) in [6.45, 7) is 2.21. The van der Waals surface area contributed by atoms with Gasteiger partial charge in [-0.15, -0.1) is 0 Å². The molecule has 3 heterocycles. The molecule has 0 amide bonds. The van der Waals surface area contributed by atoms with Crippen molar-refractivity contribution in [2.45, 2.75) is 57.7 Å². The summed E-state index contributed by atoms with van der Waals surface area (Å²) >= 11 is 0. The lowest BCUT2D eigenvalue weighted by molar-refractivity contribution is 0.213. The first-order valence-corrected chi connectivity index (χ1v) is 9.47. The molecule has 7 nitrogen and oxygen atoms in total. The second-order valence-corrected chi connectivity index (χ2v) is 7.42. The van der Waals surface area contributed by atoms with Crippen LogP contribution >= 0.6 is 0 Å². The van der Waals surface area contributed by atoms with Crippen LogP contribution in [0.25, 0.3) is 0 Å². The lowest BCUT2D eigenvalue weighted by atomic mass is 9.97. The van der Waals surface area contributed by atoms with Gasteiger partial charge >= 0.3 is 5.69 Å². The fraction of sp³-hybridized carbons (Fsp3) is 0.579. The van der Waals surface area contributed by atoms with E-state index in [1.54, 1.807) is 24.0 Å². The molecule has 2 aromatic heterocycles. The van der Waals surface area contributed by atoms with Gasteiger partial charge < -0.3 is 4.57 Å². The summed E-state index contributed by atoms with van der Waals surface area (Å²) in [5, 5.41) is 4.65. The number of fused-ring (bicyclic) bond motifs is 1. The minimum atomic E-state index is -0.231. The quantitative estimate of drug-likeness (QED) is 0.814. The highest BCUT2D eigenvalue weighted by Crippen LogP contribution is 2.21. The van der Waals surface area contributed by atoms with Crippen molar-refractivity contribution in [2.75, 3.05) is 6.54 Å². The summed E-state index contributed by atoms with van der Waals surface area (Å²) in [7, 11) is 1.70. The molecule has 4 rings (SSSR count). The average molecular weight is 355 g/mol. The average Bonchev–Trinajstić information content (AvgIpc) is 3.05. The first kappa shape index (κ1) is 17.1. The maximum absolute atomic E-state index is 12.5. The molecule has 1 aliphatic carbocycles. The fourth-order valence-electron chi connectivity index (χ4n) is 4.04. The fourth-order valence-corrected chi connectivity index (χ4v) is 4.04. The molecule has 0 N–H and O–H groups in total. The molecule has 0 spiro atoms. The summed E-state index contributed by atoms with van der Waals surface area (Å²) in [5.74, 6) is 0. The highest BCUT2D eigenvalue weighted by atomic mass is 16.1. The lowest BCUT2D eigenvalue weighted by Gasteiger charge is -2.25. The van der Waals surface area contributed by atoms with Crippen molar-refractivity contribution < 1.29 is 0 Å². The molecule has 26 heavy (non-hydrogen) atoms. The molecule has 0 bridgehead atoms. The van der Waals surface area contributed by atoms with E-state index in [0.29, 0.717) is 13.1 Å². The van der Waals surface area contributed by atoms with E-state index in [-0.39, 0.29) is 17.3 Å². The van der Waals surface area contributed by atoms with E-state index in [2.05, 4.69) is 15.0 Å². The number of aryl methyl sites for hydroxylation is 3. The van der Waals surface area contributed by atoms with Crippen LogP contribution in [0.15, 0.2) is 27.9 Å². The summed E-state index contributed by atoms with van der Waals surface area (Å²) < 4.78 is 3.12. The van der Waals surface area contributed by atoms with Crippen molar-refractivity contribution in [3.05, 3.63) is 56.1 Å². The van der Waals surface area contributed by atoms with Gasteiger partial charge in [-0.1, -0.05) is 0 Å². The third-order valence-corrected chi connectivity index (χ3v) is 5.55. The van der Waals surface area contributed by atoms with Crippen LogP contribution in [0.4, 0.5) is 0 Å². The maximum atomic E-state index is 12.5. The highest BCUT2D eigenvalue weighted by molar-refractivity contribution is 5.20. The Morgan fingerprint density at radius 3 is 2.88 bits per heavy atom. The van der Waals surface area contributed by atoms with Gasteiger partial charge in [0.25, 0.3) is 5.56 Å². The van der Waals surface area contributed by atoms with E-state index in [1.807, 2.05) is 6.07 Å². The molecule has 1 fully saturated rings. The normalized spacial score (nSPS) is 20.3. The number of likely N-dealkylation sites (tertiary alicyclic amines) is 1. The van der Waals surface area contributed by atoms with Gasteiger partial charge in [0, 0.05) is 31.9 Å². The van der Waals surface area contributed by atoms with Crippen molar-refractivity contribution in [1.82, 2.24) is 24.2 Å². The van der Waals surface area contributed by atoms with Gasteiger partial charge in [0.2, 0.25) is 0 Å². The first-order chi connectivity index (χ1) is 12.6. The molecule has 0 saturated carbocycles. The summed E-state index contributed by atoms with van der Waals surface area (Å²) in [6, 6.07) is 3.93. The highest BCUT2D eigenvalue weighted by Gasteiger charge is 2.26. The van der Waals surface area contributed by atoms with E-state index in [4.69, 9.17) is 0 Å². The zero-order chi connectivity index (χ0) is 18.1. The minimum absolute atomic E-state index is 0.00389. The minimum Gasteiger partial charge on any atom is -0.302 e. The zero-order valence-electron chi connectivity index (χ0n) is 15.2. The van der Waals surface area contributed by atoms with E-state index in [9.17, 15) is 9.59 Å². The molecule has 1 atom stereocenters. The van der Waals surface area contributed by atoms with Crippen LogP contribution in [0.2, 0.25) is 0 Å². The van der Waals surface area contributed by atoms with Gasteiger partial charge in [-0.25, -0.2) is 9.48 Å². The zero-order valence-corrected chi connectivity index (χ0v) is 15.2. The van der Waals surface area contributed by atoms with Gasteiger partial charge in [-0.2, -0.15) is 10.1 Å². The smallest absolute Gasteiger partial charge is 0.302 e. The van der Waals surface area contributed by atoms with Gasteiger partial charge in [-0.05, 0) is 56.7 Å². The Morgan fingerprint density at radius 1 is 1.19 bits per heavy atom. The third-order valence-electron chi connectivity index (χ3n) is 5.55. The SMILES string of the molecule is Cn1ccc(CN2CCCC2Cn2nc3c(cc2=O)CCCC3)nc1=O. The van der Waals surface area contributed by atoms with Crippen LogP contribution < -0.4 is 11.2 Å². The predicted octanol–water partition coefficient (Wildman–Crippen LogP) is 0.880. The van der Waals surface area contributed by atoms with Crippen molar-refractivity contribution in [1.29, 1.82) is 0 Å². The van der Waals surface area contributed by atoms with E-state index in [1.165, 1.54) is 4.57 Å². The first-order valence-electron chi connectivity index (χ1n) is 9.47. The summed E-state index contributed by atoms with van der Waals surface area (Å²) in [6.07, 6.45) is 8.14. The Balaban J connectivity index is 1.51. The van der Waals surface area contributed by atoms with Crippen LogP contribution in [0.1, 0.15) is 42.6 Å². The molecule has 2 aromatic rings. The number of aromatic nitrogens is 4. The number of nitrogens with zero attached hydrogens (tertiary/aromatic N) is 5. The molecule has 2 aliphatic rings. The summed E-state index contributed by atoms with van der Waals surface area (Å²) in [4.78, 5) is 30.6. The van der Waals surface area contributed by atoms with Crippen LogP contribution in [0, 0.1) is 0 Å². The Bertz CT molecular complexity index is 917. The molecule has 0 radical (unpaired) electrons. The van der Waals surface area contributed by atoms with Gasteiger partial charge in [0.15, 0.2) is 0 Å². The second-order valence-electron chi connectivity index (χ2n) is 7.42. The molecule has 1 saturated heterocycles. The van der Waals surface area contributed by atoms with Crippen LogP contribution in [0.3, 0.4) is 0 Å². The molecule has 7 heteroatoms. The second kappa shape index (κ2) is 7.15. The van der Waals surface area contributed by atoms with E-state index in [0.717, 1.165) is 62.0 Å². The van der Waals surface area contributed by atoms with E-state index >= 15 is 0 Å². The van der Waals surface area contributed by atoms with Gasteiger partial charge in [-0.3, -0.25) is 9.69 Å². The molecular formula is C19H25N5O2. The number of rotatable bonds is 4. The van der Waals surface area contributed by atoms with Crippen molar-refractivity contribution in [2.24, 2.45) is 7.05 Å². The molecular weight excluding hydrogens is 330 g/mol. The maximum Gasteiger partial charge on any atom is 0.347 e. The Morgan fingerprint density at radius 2 is 2.04 bits per heavy atom. The van der Waals surface area contributed by atoms with Crippen molar-refractivity contribution in [3.63, 3.8) is 0 Å². The molecule has 1 unspecified atom stereocenters. The van der Waals surface area contributed by atoms with Crippen molar-refractivity contribution >= 4 is 0 Å². The number of hydrogen-bond acceptors (Lipinski definition) is 5.